The normalized spacial score (nSPS) is 26.8. The summed E-state index contributed by atoms with van der Waals surface area (Å²) in [6, 6.07) is 5.68. The molecule has 0 bridgehead atoms. The lowest BCUT2D eigenvalue weighted by Gasteiger charge is -2.45. The summed E-state index contributed by atoms with van der Waals surface area (Å²) in [5.41, 5.74) is 1.98. The van der Waals surface area contributed by atoms with Crippen LogP contribution in [0.15, 0.2) is 18.2 Å². The second-order valence-electron chi connectivity index (χ2n) is 5.13. The van der Waals surface area contributed by atoms with Gasteiger partial charge >= 0.3 is 0 Å². The zero-order chi connectivity index (χ0) is 11.9. The predicted molar refractivity (Wildman–Crippen MR) is 64.2 cm³/mol. The van der Waals surface area contributed by atoms with E-state index in [1.54, 1.807) is 6.07 Å². The molecule has 1 aliphatic heterocycles. The zero-order valence-electron chi connectivity index (χ0n) is 9.85. The van der Waals surface area contributed by atoms with E-state index in [1.165, 1.54) is 0 Å². The van der Waals surface area contributed by atoms with Crippen molar-refractivity contribution in [3.8, 4) is 5.75 Å². The Hall–Kier alpha value is -1.06. The molecule has 3 heteroatoms. The van der Waals surface area contributed by atoms with Gasteiger partial charge in [-0.3, -0.25) is 0 Å². The Kier molecular flexibility index (Phi) is 2.60. The lowest BCUT2D eigenvalue weighted by molar-refractivity contribution is -0.0239. The minimum absolute atomic E-state index is 0.190. The summed E-state index contributed by atoms with van der Waals surface area (Å²) in [7, 11) is 0. The molecule has 1 spiro atoms. The van der Waals surface area contributed by atoms with E-state index < -0.39 is 0 Å². The van der Waals surface area contributed by atoms with Gasteiger partial charge in [0, 0.05) is 18.6 Å². The number of hydrogen-bond acceptors (Lipinski definition) is 3. The second-order valence-corrected chi connectivity index (χ2v) is 5.13. The number of rotatable bonds is 0. The Bertz CT molecular complexity index is 421. The van der Waals surface area contributed by atoms with Crippen molar-refractivity contribution in [1.29, 1.82) is 0 Å². The van der Waals surface area contributed by atoms with Gasteiger partial charge in [-0.1, -0.05) is 12.1 Å². The van der Waals surface area contributed by atoms with Gasteiger partial charge in [0.15, 0.2) is 0 Å². The third kappa shape index (κ3) is 1.57. The van der Waals surface area contributed by atoms with Crippen molar-refractivity contribution in [2.75, 3.05) is 13.2 Å². The van der Waals surface area contributed by atoms with Crippen LogP contribution >= 0.6 is 0 Å². The average Bonchev–Trinajstić information content (AvgIpc) is 2.36. The number of aliphatic hydroxyl groups is 1. The Balaban J connectivity index is 2.12. The smallest absolute Gasteiger partial charge is 0.119 e. The predicted octanol–water partition coefficient (Wildman–Crippen LogP) is 1.75. The second kappa shape index (κ2) is 4.00. The van der Waals surface area contributed by atoms with Crippen LogP contribution in [0.1, 0.15) is 30.4 Å². The summed E-state index contributed by atoms with van der Waals surface area (Å²) < 4.78 is 5.42. The molecule has 0 radical (unpaired) electrons. The topological polar surface area (TPSA) is 49.7 Å². The van der Waals surface area contributed by atoms with Gasteiger partial charge in [0.2, 0.25) is 0 Å². The van der Waals surface area contributed by atoms with E-state index in [2.05, 4.69) is 6.07 Å². The third-order valence-corrected chi connectivity index (χ3v) is 4.38. The molecule has 1 heterocycles. The van der Waals surface area contributed by atoms with Crippen LogP contribution in [-0.4, -0.2) is 29.5 Å². The van der Waals surface area contributed by atoms with Crippen molar-refractivity contribution in [2.24, 2.45) is 0 Å². The summed E-state index contributed by atoms with van der Waals surface area (Å²) in [6.45, 7) is 1.40. The number of ether oxygens (including phenoxy) is 1. The summed E-state index contributed by atoms with van der Waals surface area (Å²) in [6.07, 6.45) is 2.91. The average molecular weight is 234 g/mol. The maximum atomic E-state index is 10.4. The summed E-state index contributed by atoms with van der Waals surface area (Å²) in [5, 5.41) is 20.3. The van der Waals surface area contributed by atoms with Gasteiger partial charge in [-0.25, -0.2) is 0 Å². The minimum Gasteiger partial charge on any atom is -0.508 e. The van der Waals surface area contributed by atoms with Gasteiger partial charge in [-0.05, 0) is 42.9 Å². The zero-order valence-corrected chi connectivity index (χ0v) is 9.85. The molecule has 2 N–H and O–H groups in total. The molecule has 1 aromatic carbocycles. The van der Waals surface area contributed by atoms with E-state index in [1.807, 2.05) is 6.07 Å². The minimum atomic E-state index is -0.305. The number of fused-ring (bicyclic) bond motifs is 2. The highest BCUT2D eigenvalue weighted by Crippen LogP contribution is 2.46. The number of hydrogen-bond donors (Lipinski definition) is 2. The fraction of sp³-hybridized carbons (Fsp3) is 0.571. The first-order chi connectivity index (χ1) is 8.24. The number of phenolic OH excluding ortho intramolecular Hbond substituents is 1. The molecular formula is C14H18O3. The first-order valence-corrected chi connectivity index (χ1v) is 6.31. The fourth-order valence-electron chi connectivity index (χ4n) is 3.38. The molecule has 1 saturated heterocycles. The van der Waals surface area contributed by atoms with Crippen molar-refractivity contribution in [3.05, 3.63) is 29.3 Å². The van der Waals surface area contributed by atoms with Crippen molar-refractivity contribution in [2.45, 2.75) is 37.2 Å². The van der Waals surface area contributed by atoms with Crippen molar-refractivity contribution in [1.82, 2.24) is 0 Å². The number of benzene rings is 1. The fourth-order valence-corrected chi connectivity index (χ4v) is 3.38. The van der Waals surface area contributed by atoms with Crippen LogP contribution in [0, 0.1) is 0 Å². The molecule has 1 fully saturated rings. The molecule has 1 atom stereocenters. The third-order valence-electron chi connectivity index (χ3n) is 4.38. The molecule has 1 unspecified atom stereocenters. The summed E-state index contributed by atoms with van der Waals surface area (Å²) >= 11 is 0. The molecule has 0 aromatic heterocycles. The standard InChI is InChI=1S/C14H18O3/c15-12-3-1-2-11-10(12)4-5-13(16)14(11)6-8-17-9-7-14/h1-3,13,15-16H,4-9H2. The molecule has 1 aliphatic carbocycles. The van der Waals surface area contributed by atoms with E-state index in [0.29, 0.717) is 19.0 Å². The number of phenols is 1. The van der Waals surface area contributed by atoms with Crippen molar-refractivity contribution < 1.29 is 14.9 Å². The van der Waals surface area contributed by atoms with Gasteiger partial charge in [-0.2, -0.15) is 0 Å². The summed E-state index contributed by atoms with van der Waals surface area (Å²) in [5.74, 6) is 0.375. The van der Waals surface area contributed by atoms with E-state index in [9.17, 15) is 10.2 Å². The van der Waals surface area contributed by atoms with Crippen LogP contribution in [-0.2, 0) is 16.6 Å². The number of aliphatic hydroxyl groups excluding tert-OH is 1. The Morgan fingerprint density at radius 3 is 2.76 bits per heavy atom. The van der Waals surface area contributed by atoms with Crippen LogP contribution in [0.25, 0.3) is 0 Å². The van der Waals surface area contributed by atoms with Crippen LogP contribution in [0.5, 0.6) is 5.75 Å². The molecule has 1 aromatic rings. The van der Waals surface area contributed by atoms with Crippen LogP contribution in [0.2, 0.25) is 0 Å². The van der Waals surface area contributed by atoms with Crippen molar-refractivity contribution in [3.63, 3.8) is 0 Å². The molecule has 0 saturated carbocycles. The largest absolute Gasteiger partial charge is 0.508 e. The van der Waals surface area contributed by atoms with E-state index in [4.69, 9.17) is 4.74 Å². The maximum Gasteiger partial charge on any atom is 0.119 e. The molecule has 3 rings (SSSR count). The lowest BCUT2D eigenvalue weighted by Crippen LogP contribution is -2.47. The lowest BCUT2D eigenvalue weighted by atomic mass is 9.64. The van der Waals surface area contributed by atoms with Gasteiger partial charge in [0.1, 0.15) is 5.75 Å². The van der Waals surface area contributed by atoms with Gasteiger partial charge in [-0.15, -0.1) is 0 Å². The maximum absolute atomic E-state index is 10.4. The van der Waals surface area contributed by atoms with Gasteiger partial charge < -0.3 is 14.9 Å². The van der Waals surface area contributed by atoms with Crippen LogP contribution in [0.3, 0.4) is 0 Å². The highest BCUT2D eigenvalue weighted by Gasteiger charge is 2.45. The van der Waals surface area contributed by atoms with Crippen LogP contribution in [0.4, 0.5) is 0 Å². The van der Waals surface area contributed by atoms with Crippen molar-refractivity contribution >= 4 is 0 Å². The van der Waals surface area contributed by atoms with E-state index in [-0.39, 0.29) is 11.5 Å². The first-order valence-electron chi connectivity index (χ1n) is 6.31. The Morgan fingerprint density at radius 2 is 2.00 bits per heavy atom. The first kappa shape index (κ1) is 11.1. The molecule has 17 heavy (non-hydrogen) atoms. The Labute approximate surface area is 101 Å². The monoisotopic (exact) mass is 234 g/mol. The molecule has 3 nitrogen and oxygen atoms in total. The number of aromatic hydroxyl groups is 1. The highest BCUT2D eigenvalue weighted by atomic mass is 16.5. The summed E-state index contributed by atoms with van der Waals surface area (Å²) in [4.78, 5) is 0. The molecular weight excluding hydrogens is 216 g/mol. The Morgan fingerprint density at radius 1 is 1.24 bits per heavy atom. The SMILES string of the molecule is Oc1cccc2c1CCC(O)C21CCOCC1. The molecule has 0 amide bonds. The van der Waals surface area contributed by atoms with E-state index >= 15 is 0 Å². The quantitative estimate of drug-likeness (QED) is 0.719. The van der Waals surface area contributed by atoms with Gasteiger partial charge in [0.25, 0.3) is 0 Å². The molecule has 2 aliphatic rings. The van der Waals surface area contributed by atoms with Gasteiger partial charge in [0.05, 0.1) is 6.10 Å². The van der Waals surface area contributed by atoms with Crippen LogP contribution < -0.4 is 0 Å². The highest BCUT2D eigenvalue weighted by molar-refractivity contribution is 5.46. The molecule has 92 valence electrons. The van der Waals surface area contributed by atoms with E-state index in [0.717, 1.165) is 36.8 Å².